The standard InChI is InChI=1S/C6H12O6.Ca.6H3O4P/c7-1-2(8)4(10)6(12)5(11)3(1)9;;6*1-5(2,3)4/h1-12H;;6*(H3,1,2,3,4). The monoisotopic (exact) mass is 808 g/mol. The van der Waals surface area contributed by atoms with E-state index in [1.54, 1.807) is 0 Å². The molecule has 0 bridgehead atoms. The summed E-state index contributed by atoms with van der Waals surface area (Å²) in [6.45, 7) is 0. The van der Waals surface area contributed by atoms with Crippen molar-refractivity contribution in [3.05, 3.63) is 0 Å². The molecule has 0 heterocycles. The van der Waals surface area contributed by atoms with E-state index < -0.39 is 83.6 Å². The van der Waals surface area contributed by atoms with Gasteiger partial charge in [0, 0.05) is 37.7 Å². The molecule has 1 rings (SSSR count). The largest absolute Gasteiger partial charge is 0.466 e. The molecule has 43 heavy (non-hydrogen) atoms. The van der Waals surface area contributed by atoms with Gasteiger partial charge in [0.2, 0.25) is 0 Å². The summed E-state index contributed by atoms with van der Waals surface area (Å²) in [5.41, 5.74) is 0. The van der Waals surface area contributed by atoms with Crippen molar-refractivity contribution in [2.75, 3.05) is 0 Å². The van der Waals surface area contributed by atoms with E-state index in [0.717, 1.165) is 0 Å². The Morgan fingerprint density at radius 3 is 0.279 bits per heavy atom. The van der Waals surface area contributed by atoms with Gasteiger partial charge in [-0.25, -0.2) is 27.4 Å². The van der Waals surface area contributed by atoms with Crippen LogP contribution in [-0.4, -0.2) is 193 Å². The molecule has 0 amide bonds. The Kier molecular flexibility index (Phi) is 35.8. The minimum atomic E-state index is -4.64. The van der Waals surface area contributed by atoms with Gasteiger partial charge in [0.25, 0.3) is 0 Å². The molecule has 0 atom stereocenters. The molecule has 266 valence electrons. The quantitative estimate of drug-likeness (QED) is 0.0798. The third-order valence-corrected chi connectivity index (χ3v) is 2.10. The zero-order valence-electron chi connectivity index (χ0n) is 20.0. The molecule has 1 aliphatic carbocycles. The Bertz CT molecular complexity index is 700. The maximum atomic E-state index is 8.97. The third kappa shape index (κ3) is 115. The SMILES string of the molecule is O=P(O)(O)O.O=P(O)(O)O.O=P(O)(O)O.O=P(O)(O)O.O=P(O)(O)O.O=P(O)(O)O.OC1C(O)C(O)C(O)C(O)C1O.[Ca]. The Labute approximate surface area is 266 Å². The van der Waals surface area contributed by atoms with Crippen LogP contribution in [0.3, 0.4) is 0 Å². The van der Waals surface area contributed by atoms with Crippen LogP contribution in [-0.2, 0) is 27.4 Å². The molecule has 0 aromatic carbocycles. The summed E-state index contributed by atoms with van der Waals surface area (Å²) in [7, 11) is -27.8. The van der Waals surface area contributed by atoms with Crippen molar-refractivity contribution in [1.82, 2.24) is 0 Å². The summed E-state index contributed by atoms with van der Waals surface area (Å²) in [4.78, 5) is 129. The number of rotatable bonds is 0. The van der Waals surface area contributed by atoms with Gasteiger partial charge in [-0.2, -0.15) is 0 Å². The van der Waals surface area contributed by atoms with Crippen molar-refractivity contribution in [2.24, 2.45) is 0 Å². The first-order chi connectivity index (χ1) is 17.5. The first kappa shape index (κ1) is 60.0. The Morgan fingerprint density at radius 1 is 0.233 bits per heavy atom. The van der Waals surface area contributed by atoms with E-state index in [1.807, 2.05) is 0 Å². The average molecular weight is 808 g/mol. The zero-order valence-corrected chi connectivity index (χ0v) is 27.6. The van der Waals surface area contributed by atoms with Crippen LogP contribution in [0.4, 0.5) is 0 Å². The second kappa shape index (κ2) is 25.7. The van der Waals surface area contributed by atoms with Crippen molar-refractivity contribution >= 4 is 84.7 Å². The van der Waals surface area contributed by atoms with Crippen molar-refractivity contribution in [2.45, 2.75) is 36.6 Å². The van der Waals surface area contributed by atoms with E-state index >= 15 is 0 Å². The maximum Gasteiger partial charge on any atom is 0.466 e. The zero-order chi connectivity index (χ0) is 36.5. The molecule has 0 saturated heterocycles. The van der Waals surface area contributed by atoms with E-state index in [0.29, 0.717) is 0 Å². The minimum Gasteiger partial charge on any atom is -0.387 e. The topological polar surface area (TPSA) is 588 Å². The Hall–Kier alpha value is 1.68. The third-order valence-electron chi connectivity index (χ3n) is 2.10. The van der Waals surface area contributed by atoms with Crippen LogP contribution >= 0.6 is 46.9 Å². The van der Waals surface area contributed by atoms with Gasteiger partial charge >= 0.3 is 46.9 Å². The first-order valence-electron chi connectivity index (χ1n) is 8.24. The van der Waals surface area contributed by atoms with Crippen molar-refractivity contribution in [3.8, 4) is 0 Å². The number of aliphatic hydroxyl groups is 6. The molecule has 0 aromatic heterocycles. The van der Waals surface area contributed by atoms with Gasteiger partial charge in [0.1, 0.15) is 36.6 Å². The Balaban J connectivity index is -0.0000000733. The number of aliphatic hydroxyl groups excluding tert-OH is 6. The fourth-order valence-electron chi connectivity index (χ4n) is 1.21. The summed E-state index contributed by atoms with van der Waals surface area (Å²) in [5.74, 6) is 0. The molecule has 1 fully saturated rings. The van der Waals surface area contributed by atoms with Gasteiger partial charge in [-0.3, -0.25) is 0 Å². The van der Waals surface area contributed by atoms with Crippen LogP contribution in [0.2, 0.25) is 0 Å². The van der Waals surface area contributed by atoms with Gasteiger partial charge in [-0.05, 0) is 0 Å². The van der Waals surface area contributed by atoms with Gasteiger partial charge < -0.3 is 119 Å². The van der Waals surface area contributed by atoms with Crippen molar-refractivity contribution < 1.29 is 146 Å². The summed E-state index contributed by atoms with van der Waals surface area (Å²) in [6, 6.07) is 0. The van der Waals surface area contributed by atoms with Crippen LogP contribution in [0.5, 0.6) is 0 Å². The molecular formula is C6H30CaO30P6. The van der Waals surface area contributed by atoms with E-state index in [-0.39, 0.29) is 37.7 Å². The number of phosphoric acid groups is 6. The molecule has 0 spiro atoms. The van der Waals surface area contributed by atoms with E-state index in [2.05, 4.69) is 0 Å². The second-order valence-corrected chi connectivity index (χ2v) is 12.2. The van der Waals surface area contributed by atoms with Gasteiger partial charge in [-0.1, -0.05) is 0 Å². The Morgan fingerprint density at radius 2 is 0.256 bits per heavy atom. The predicted molar refractivity (Wildman–Crippen MR) is 127 cm³/mol. The number of hydrogen-bond acceptors (Lipinski definition) is 12. The number of hydrogen-bond donors (Lipinski definition) is 24. The molecule has 37 heteroatoms. The molecule has 30 nitrogen and oxygen atoms in total. The summed E-state index contributed by atoms with van der Waals surface area (Å²) >= 11 is 0. The molecule has 0 unspecified atom stereocenters. The van der Waals surface area contributed by atoms with Crippen molar-refractivity contribution in [1.29, 1.82) is 0 Å². The van der Waals surface area contributed by atoms with Crippen LogP contribution in [0.25, 0.3) is 0 Å². The van der Waals surface area contributed by atoms with Crippen molar-refractivity contribution in [3.63, 3.8) is 0 Å². The fraction of sp³-hybridized carbons (Fsp3) is 1.00. The van der Waals surface area contributed by atoms with E-state index in [1.165, 1.54) is 0 Å². The first-order valence-corrected chi connectivity index (χ1v) is 17.6. The molecule has 1 saturated carbocycles. The van der Waals surface area contributed by atoms with Gasteiger partial charge in [-0.15, -0.1) is 0 Å². The summed E-state index contributed by atoms with van der Waals surface area (Å²) in [5, 5.41) is 53.8. The normalized spacial score (nSPS) is 23.7. The van der Waals surface area contributed by atoms with Gasteiger partial charge in [0.15, 0.2) is 0 Å². The molecular weight excluding hydrogens is 778 g/mol. The minimum absolute atomic E-state index is 0. The smallest absolute Gasteiger partial charge is 0.387 e. The summed E-state index contributed by atoms with van der Waals surface area (Å²) in [6.07, 6.45) is -9.84. The van der Waals surface area contributed by atoms with E-state index in [9.17, 15) is 0 Å². The van der Waals surface area contributed by atoms with Crippen LogP contribution in [0, 0.1) is 0 Å². The molecule has 24 N–H and O–H groups in total. The second-order valence-electron chi connectivity index (χ2n) is 6.02. The van der Waals surface area contributed by atoms with Crippen LogP contribution in [0.15, 0.2) is 0 Å². The molecule has 1 aliphatic rings. The molecule has 2 radical (unpaired) electrons. The van der Waals surface area contributed by atoms with E-state index in [4.69, 9.17) is 146 Å². The average Bonchev–Trinajstić information content (AvgIpc) is 2.55. The summed E-state index contributed by atoms with van der Waals surface area (Å²) < 4.78 is 53.3. The molecule has 0 aromatic rings. The van der Waals surface area contributed by atoms with Gasteiger partial charge in [0.05, 0.1) is 0 Å². The molecule has 0 aliphatic heterocycles. The van der Waals surface area contributed by atoms with Crippen LogP contribution < -0.4 is 0 Å². The fourth-order valence-corrected chi connectivity index (χ4v) is 1.21. The maximum absolute atomic E-state index is 8.97. The van der Waals surface area contributed by atoms with Crippen LogP contribution in [0.1, 0.15) is 0 Å². The predicted octanol–water partition coefficient (Wildman–Crippen LogP) is -9.79.